The highest BCUT2D eigenvalue weighted by molar-refractivity contribution is 5.48. The maximum absolute atomic E-state index is 4.12. The number of benzene rings is 1. The Morgan fingerprint density at radius 2 is 1.84 bits per heavy atom. The summed E-state index contributed by atoms with van der Waals surface area (Å²) < 4.78 is 0. The Labute approximate surface area is 153 Å². The minimum absolute atomic E-state index is 0.719. The maximum atomic E-state index is 4.12. The lowest BCUT2D eigenvalue weighted by Crippen LogP contribution is -2.46. The van der Waals surface area contributed by atoms with E-state index >= 15 is 0 Å². The van der Waals surface area contributed by atoms with Gasteiger partial charge in [-0.25, -0.2) is 0 Å². The van der Waals surface area contributed by atoms with Crippen LogP contribution in [0.3, 0.4) is 0 Å². The molecule has 1 atom stereocenters. The van der Waals surface area contributed by atoms with Gasteiger partial charge in [0.25, 0.3) is 0 Å². The van der Waals surface area contributed by atoms with Crippen molar-refractivity contribution in [1.29, 1.82) is 0 Å². The number of nitrogens with zero attached hydrogens (tertiary/aromatic N) is 2. The second-order valence-electron chi connectivity index (χ2n) is 7.57. The summed E-state index contributed by atoms with van der Waals surface area (Å²) in [6, 6.07) is 10.6. The summed E-state index contributed by atoms with van der Waals surface area (Å²) in [5, 5.41) is 0. The van der Waals surface area contributed by atoms with Crippen molar-refractivity contribution in [3.63, 3.8) is 0 Å². The summed E-state index contributed by atoms with van der Waals surface area (Å²) in [7, 11) is 0. The van der Waals surface area contributed by atoms with Crippen LogP contribution < -0.4 is 0 Å². The molecule has 0 saturated carbocycles. The molecular formula is C23H32N2. The van der Waals surface area contributed by atoms with E-state index in [0.29, 0.717) is 0 Å². The molecule has 1 aromatic rings. The number of allylic oxidation sites excluding steroid dienone is 2. The molecule has 134 valence electrons. The van der Waals surface area contributed by atoms with Crippen LogP contribution in [0.5, 0.6) is 0 Å². The van der Waals surface area contributed by atoms with Gasteiger partial charge in [0.05, 0.1) is 0 Å². The van der Waals surface area contributed by atoms with E-state index in [2.05, 4.69) is 71.9 Å². The molecule has 1 heterocycles. The van der Waals surface area contributed by atoms with Crippen LogP contribution in [0.15, 0.2) is 60.2 Å². The van der Waals surface area contributed by atoms with Gasteiger partial charge in [0.2, 0.25) is 0 Å². The van der Waals surface area contributed by atoms with Crippen LogP contribution in [-0.4, -0.2) is 49.1 Å². The zero-order chi connectivity index (χ0) is 17.5. The van der Waals surface area contributed by atoms with E-state index < -0.39 is 0 Å². The van der Waals surface area contributed by atoms with Gasteiger partial charge < -0.3 is 0 Å². The van der Waals surface area contributed by atoms with Gasteiger partial charge in [0.15, 0.2) is 0 Å². The number of rotatable bonds is 6. The molecule has 0 radical (unpaired) electrons. The SMILES string of the molecule is C=C(C)[C@@H]1CC=C(CN2CCN(C/C=C/c3ccccc3)CC2)CC1. The van der Waals surface area contributed by atoms with Crippen molar-refractivity contribution in [2.24, 2.45) is 5.92 Å². The monoisotopic (exact) mass is 336 g/mol. The zero-order valence-electron chi connectivity index (χ0n) is 15.7. The van der Waals surface area contributed by atoms with Gasteiger partial charge in [-0.2, -0.15) is 0 Å². The lowest BCUT2D eigenvalue weighted by molar-refractivity contribution is 0.150. The van der Waals surface area contributed by atoms with E-state index in [-0.39, 0.29) is 0 Å². The van der Waals surface area contributed by atoms with Gasteiger partial charge in [0.1, 0.15) is 0 Å². The fraction of sp³-hybridized carbons (Fsp3) is 0.478. The van der Waals surface area contributed by atoms with Gasteiger partial charge in [-0.3, -0.25) is 9.80 Å². The van der Waals surface area contributed by atoms with Crippen LogP contribution in [0.25, 0.3) is 6.08 Å². The number of hydrogen-bond acceptors (Lipinski definition) is 2. The molecule has 2 heteroatoms. The molecule has 1 aromatic carbocycles. The van der Waals surface area contributed by atoms with Crippen molar-refractivity contribution in [3.05, 3.63) is 65.8 Å². The molecule has 1 fully saturated rings. The highest BCUT2D eigenvalue weighted by atomic mass is 15.3. The first kappa shape index (κ1) is 18.2. The molecule has 0 amide bonds. The first-order valence-corrected chi connectivity index (χ1v) is 9.70. The molecule has 0 spiro atoms. The second-order valence-corrected chi connectivity index (χ2v) is 7.57. The minimum Gasteiger partial charge on any atom is -0.297 e. The average Bonchev–Trinajstić information content (AvgIpc) is 2.64. The standard InChI is InChI=1S/C23H32N2/c1-20(2)23-12-10-22(11-13-23)19-25-17-15-24(16-18-25)14-6-9-21-7-4-3-5-8-21/h3-10,23H,1,11-19H2,2H3/b9-6+/t23-/m1/s1. The van der Waals surface area contributed by atoms with Crippen molar-refractivity contribution >= 4 is 6.08 Å². The summed E-state index contributed by atoms with van der Waals surface area (Å²) in [5.41, 5.74) is 4.29. The van der Waals surface area contributed by atoms with Crippen molar-refractivity contribution in [1.82, 2.24) is 9.80 Å². The third-order valence-corrected chi connectivity index (χ3v) is 5.57. The van der Waals surface area contributed by atoms with Crippen molar-refractivity contribution in [2.75, 3.05) is 39.3 Å². The second kappa shape index (κ2) is 9.17. The Morgan fingerprint density at radius 1 is 1.12 bits per heavy atom. The largest absolute Gasteiger partial charge is 0.297 e. The number of piperazine rings is 1. The molecule has 0 bridgehead atoms. The van der Waals surface area contributed by atoms with E-state index in [9.17, 15) is 0 Å². The summed E-state index contributed by atoms with van der Waals surface area (Å²) in [6.45, 7) is 13.3. The lowest BCUT2D eigenvalue weighted by atomic mass is 9.85. The molecule has 25 heavy (non-hydrogen) atoms. The molecular weight excluding hydrogens is 304 g/mol. The highest BCUT2D eigenvalue weighted by Crippen LogP contribution is 2.28. The van der Waals surface area contributed by atoms with Crippen LogP contribution in [0.2, 0.25) is 0 Å². The Morgan fingerprint density at radius 3 is 2.48 bits per heavy atom. The van der Waals surface area contributed by atoms with E-state index in [1.54, 1.807) is 5.57 Å². The average molecular weight is 337 g/mol. The molecule has 0 aromatic heterocycles. The molecule has 2 aliphatic rings. The Balaban J connectivity index is 1.37. The van der Waals surface area contributed by atoms with Crippen LogP contribution in [0.4, 0.5) is 0 Å². The van der Waals surface area contributed by atoms with Crippen molar-refractivity contribution in [2.45, 2.75) is 26.2 Å². The van der Waals surface area contributed by atoms with Crippen LogP contribution in [0, 0.1) is 5.92 Å². The molecule has 0 unspecified atom stereocenters. The normalized spacial score (nSPS) is 22.9. The fourth-order valence-corrected chi connectivity index (χ4v) is 3.80. The van der Waals surface area contributed by atoms with Gasteiger partial charge in [0, 0.05) is 39.3 Å². The van der Waals surface area contributed by atoms with Gasteiger partial charge in [-0.05, 0) is 37.7 Å². The summed E-state index contributed by atoms with van der Waals surface area (Å²) in [6.07, 6.45) is 10.8. The Bertz CT molecular complexity index is 606. The zero-order valence-corrected chi connectivity index (χ0v) is 15.7. The van der Waals surface area contributed by atoms with Crippen molar-refractivity contribution < 1.29 is 0 Å². The lowest BCUT2D eigenvalue weighted by Gasteiger charge is -2.35. The third kappa shape index (κ3) is 5.69. The van der Waals surface area contributed by atoms with Crippen molar-refractivity contribution in [3.8, 4) is 0 Å². The van der Waals surface area contributed by atoms with E-state index in [4.69, 9.17) is 0 Å². The summed E-state index contributed by atoms with van der Waals surface area (Å²) in [5.74, 6) is 0.719. The van der Waals surface area contributed by atoms with Crippen LogP contribution >= 0.6 is 0 Å². The molecule has 3 rings (SSSR count). The van der Waals surface area contributed by atoms with E-state index in [1.807, 2.05) is 0 Å². The van der Waals surface area contributed by atoms with Gasteiger partial charge in [-0.1, -0.05) is 66.3 Å². The fourth-order valence-electron chi connectivity index (χ4n) is 3.80. The Kier molecular flexibility index (Phi) is 6.66. The first-order valence-electron chi connectivity index (χ1n) is 9.70. The maximum Gasteiger partial charge on any atom is 0.0193 e. The first-order chi connectivity index (χ1) is 12.2. The smallest absolute Gasteiger partial charge is 0.0193 e. The molecule has 1 aliphatic heterocycles. The van der Waals surface area contributed by atoms with E-state index in [1.165, 1.54) is 63.1 Å². The summed E-state index contributed by atoms with van der Waals surface area (Å²) in [4.78, 5) is 5.19. The molecule has 0 N–H and O–H groups in total. The van der Waals surface area contributed by atoms with Gasteiger partial charge >= 0.3 is 0 Å². The quantitative estimate of drug-likeness (QED) is 0.699. The summed E-state index contributed by atoms with van der Waals surface area (Å²) >= 11 is 0. The minimum atomic E-state index is 0.719. The highest BCUT2D eigenvalue weighted by Gasteiger charge is 2.19. The molecule has 1 saturated heterocycles. The van der Waals surface area contributed by atoms with E-state index in [0.717, 1.165) is 12.5 Å². The van der Waals surface area contributed by atoms with Crippen LogP contribution in [0.1, 0.15) is 31.7 Å². The molecule has 1 aliphatic carbocycles. The predicted molar refractivity (Wildman–Crippen MR) is 109 cm³/mol. The van der Waals surface area contributed by atoms with Gasteiger partial charge in [-0.15, -0.1) is 0 Å². The Hall–Kier alpha value is -1.64. The molecule has 2 nitrogen and oxygen atoms in total. The topological polar surface area (TPSA) is 6.48 Å². The predicted octanol–water partition coefficient (Wildman–Crippen LogP) is 4.62. The van der Waals surface area contributed by atoms with Crippen LogP contribution in [-0.2, 0) is 0 Å². The number of hydrogen-bond donors (Lipinski definition) is 0. The third-order valence-electron chi connectivity index (χ3n) is 5.57.